The zero-order valence-electron chi connectivity index (χ0n) is 8.80. The molecule has 0 aromatic carbocycles. The number of carbonyl (C=O) groups excluding carboxylic acids is 1. The molecule has 16 heavy (non-hydrogen) atoms. The molecule has 0 saturated carbocycles. The molecule has 0 amide bonds. The van der Waals surface area contributed by atoms with Crippen molar-refractivity contribution in [2.75, 3.05) is 0 Å². The highest BCUT2D eigenvalue weighted by atomic mass is 32.1. The van der Waals surface area contributed by atoms with Gasteiger partial charge < -0.3 is 4.57 Å². The second kappa shape index (κ2) is 4.33. The summed E-state index contributed by atoms with van der Waals surface area (Å²) in [4.78, 5) is 12.7. The summed E-state index contributed by atoms with van der Waals surface area (Å²) in [6, 6.07) is 7.53. The summed E-state index contributed by atoms with van der Waals surface area (Å²) in [7, 11) is 1.85. The third-order valence-electron chi connectivity index (χ3n) is 2.38. The molecule has 0 bridgehead atoms. The van der Waals surface area contributed by atoms with Crippen LogP contribution in [0.15, 0.2) is 29.8 Å². The molecule has 3 nitrogen and oxygen atoms in total. The SMILES string of the molecule is Cn1cc(C(=O)c2cccs2)cc1CC#N. The minimum atomic E-state index is 0.0230. The zero-order chi connectivity index (χ0) is 11.5. The summed E-state index contributed by atoms with van der Waals surface area (Å²) in [5, 5.41) is 10.5. The highest BCUT2D eigenvalue weighted by Gasteiger charge is 2.13. The second-order valence-corrected chi connectivity index (χ2v) is 4.42. The Kier molecular flexibility index (Phi) is 2.88. The molecule has 0 fully saturated rings. The van der Waals surface area contributed by atoms with Gasteiger partial charge in [-0.1, -0.05) is 6.07 Å². The molecule has 2 aromatic rings. The van der Waals surface area contributed by atoms with Gasteiger partial charge in [-0.2, -0.15) is 5.26 Å². The number of hydrogen-bond acceptors (Lipinski definition) is 3. The van der Waals surface area contributed by atoms with Gasteiger partial charge >= 0.3 is 0 Å². The van der Waals surface area contributed by atoms with Crippen LogP contribution >= 0.6 is 11.3 Å². The predicted molar refractivity (Wildman–Crippen MR) is 62.5 cm³/mol. The average Bonchev–Trinajstić information content (AvgIpc) is 2.88. The minimum absolute atomic E-state index is 0.0230. The fraction of sp³-hybridized carbons (Fsp3) is 0.167. The van der Waals surface area contributed by atoms with Gasteiger partial charge in [0.05, 0.1) is 17.4 Å². The van der Waals surface area contributed by atoms with Crippen LogP contribution in [-0.2, 0) is 13.5 Å². The first kappa shape index (κ1) is 10.7. The summed E-state index contributed by atoms with van der Waals surface area (Å²) >= 11 is 1.43. The van der Waals surface area contributed by atoms with Crippen LogP contribution < -0.4 is 0 Å². The molecule has 0 unspecified atom stereocenters. The molecule has 0 aliphatic heterocycles. The summed E-state index contributed by atoms with van der Waals surface area (Å²) in [6.45, 7) is 0. The number of rotatable bonds is 3. The average molecular weight is 230 g/mol. The summed E-state index contributed by atoms with van der Waals surface area (Å²) in [6.07, 6.45) is 2.10. The lowest BCUT2D eigenvalue weighted by Crippen LogP contribution is -1.96. The Hall–Kier alpha value is -1.86. The van der Waals surface area contributed by atoms with E-state index in [4.69, 9.17) is 5.26 Å². The Morgan fingerprint density at radius 3 is 3.06 bits per heavy atom. The van der Waals surface area contributed by atoms with Gasteiger partial charge in [0.15, 0.2) is 0 Å². The first-order valence-electron chi connectivity index (χ1n) is 4.83. The lowest BCUT2D eigenvalue weighted by Gasteiger charge is -1.93. The van der Waals surface area contributed by atoms with Crippen molar-refractivity contribution in [3.8, 4) is 6.07 Å². The molecule has 2 aromatic heterocycles. The largest absolute Gasteiger partial charge is 0.353 e. The normalized spacial score (nSPS) is 10.0. The fourth-order valence-corrected chi connectivity index (χ4v) is 2.23. The van der Waals surface area contributed by atoms with Crippen molar-refractivity contribution in [3.05, 3.63) is 45.9 Å². The number of hydrogen-bond donors (Lipinski definition) is 0. The van der Waals surface area contributed by atoms with Gasteiger partial charge in [-0.15, -0.1) is 11.3 Å². The Labute approximate surface area is 97.6 Å². The highest BCUT2D eigenvalue weighted by molar-refractivity contribution is 7.12. The Morgan fingerprint density at radius 2 is 2.44 bits per heavy atom. The van der Waals surface area contributed by atoms with Gasteiger partial charge in [0.2, 0.25) is 5.78 Å². The van der Waals surface area contributed by atoms with E-state index in [1.807, 2.05) is 29.1 Å². The molecule has 2 rings (SSSR count). The Balaban J connectivity index is 2.32. The van der Waals surface area contributed by atoms with Crippen LogP contribution in [-0.4, -0.2) is 10.4 Å². The maximum absolute atomic E-state index is 12.0. The molecule has 0 aliphatic rings. The monoisotopic (exact) mass is 230 g/mol. The molecule has 0 saturated heterocycles. The molecule has 0 radical (unpaired) electrons. The first-order chi connectivity index (χ1) is 7.72. The number of aryl methyl sites for hydroxylation is 1. The van der Waals surface area contributed by atoms with Gasteiger partial charge in [-0.3, -0.25) is 4.79 Å². The quantitative estimate of drug-likeness (QED) is 0.760. The minimum Gasteiger partial charge on any atom is -0.353 e. The lowest BCUT2D eigenvalue weighted by atomic mass is 10.2. The van der Waals surface area contributed by atoms with E-state index in [-0.39, 0.29) is 5.78 Å². The van der Waals surface area contributed by atoms with Crippen LogP contribution in [0, 0.1) is 11.3 Å². The molecule has 80 valence electrons. The van der Waals surface area contributed by atoms with Crippen LogP contribution in [0.2, 0.25) is 0 Å². The molecule has 4 heteroatoms. The smallest absolute Gasteiger partial charge is 0.204 e. The van der Waals surface area contributed by atoms with Crippen LogP contribution in [0.5, 0.6) is 0 Å². The van der Waals surface area contributed by atoms with Crippen LogP contribution in [0.3, 0.4) is 0 Å². The van der Waals surface area contributed by atoms with Crippen LogP contribution in [0.1, 0.15) is 20.9 Å². The van der Waals surface area contributed by atoms with E-state index in [2.05, 4.69) is 6.07 Å². The molecule has 0 spiro atoms. The Bertz CT molecular complexity index is 546. The van der Waals surface area contributed by atoms with E-state index in [9.17, 15) is 4.79 Å². The zero-order valence-corrected chi connectivity index (χ0v) is 9.62. The topological polar surface area (TPSA) is 45.8 Å². The van der Waals surface area contributed by atoms with E-state index in [1.165, 1.54) is 11.3 Å². The van der Waals surface area contributed by atoms with Crippen molar-refractivity contribution in [1.82, 2.24) is 4.57 Å². The van der Waals surface area contributed by atoms with Crippen molar-refractivity contribution >= 4 is 17.1 Å². The number of ketones is 1. The first-order valence-corrected chi connectivity index (χ1v) is 5.70. The van der Waals surface area contributed by atoms with Crippen molar-refractivity contribution < 1.29 is 4.79 Å². The maximum Gasteiger partial charge on any atom is 0.204 e. The molecule has 0 aliphatic carbocycles. The predicted octanol–water partition coefficient (Wildman–Crippen LogP) is 2.38. The molecule has 0 N–H and O–H groups in total. The Morgan fingerprint density at radius 1 is 1.62 bits per heavy atom. The van der Waals surface area contributed by atoms with Crippen LogP contribution in [0.4, 0.5) is 0 Å². The van der Waals surface area contributed by atoms with E-state index in [0.717, 1.165) is 10.6 Å². The van der Waals surface area contributed by atoms with Crippen molar-refractivity contribution in [2.24, 2.45) is 7.05 Å². The van der Waals surface area contributed by atoms with Crippen LogP contribution in [0.25, 0.3) is 0 Å². The molecule has 2 heterocycles. The second-order valence-electron chi connectivity index (χ2n) is 3.47. The van der Waals surface area contributed by atoms with E-state index in [1.54, 1.807) is 12.3 Å². The number of carbonyl (C=O) groups is 1. The fourth-order valence-electron chi connectivity index (χ4n) is 1.54. The third kappa shape index (κ3) is 1.90. The van der Waals surface area contributed by atoms with Crippen molar-refractivity contribution in [1.29, 1.82) is 5.26 Å². The summed E-state index contributed by atoms with van der Waals surface area (Å²) < 4.78 is 1.82. The van der Waals surface area contributed by atoms with Gasteiger partial charge in [0.25, 0.3) is 0 Å². The number of nitrogens with zero attached hydrogens (tertiary/aromatic N) is 2. The standard InChI is InChI=1S/C12H10N2OS/c1-14-8-9(7-10(14)4-5-13)12(15)11-3-2-6-16-11/h2-3,6-8H,4H2,1H3. The maximum atomic E-state index is 12.0. The van der Waals surface area contributed by atoms with Gasteiger partial charge in [0, 0.05) is 24.5 Å². The highest BCUT2D eigenvalue weighted by Crippen LogP contribution is 2.17. The van der Waals surface area contributed by atoms with E-state index < -0.39 is 0 Å². The summed E-state index contributed by atoms with van der Waals surface area (Å²) in [5.74, 6) is 0.0230. The van der Waals surface area contributed by atoms with E-state index >= 15 is 0 Å². The van der Waals surface area contributed by atoms with Crippen molar-refractivity contribution in [3.63, 3.8) is 0 Å². The van der Waals surface area contributed by atoms with E-state index in [0.29, 0.717) is 12.0 Å². The number of aromatic nitrogens is 1. The molecular formula is C12H10N2OS. The molecule has 0 atom stereocenters. The molecular weight excluding hydrogens is 220 g/mol. The lowest BCUT2D eigenvalue weighted by molar-refractivity contribution is 0.104. The number of thiophene rings is 1. The van der Waals surface area contributed by atoms with Gasteiger partial charge in [-0.25, -0.2) is 0 Å². The van der Waals surface area contributed by atoms with Crippen molar-refractivity contribution in [2.45, 2.75) is 6.42 Å². The summed E-state index contributed by atoms with van der Waals surface area (Å²) in [5.41, 5.74) is 1.51. The number of nitriles is 1. The third-order valence-corrected chi connectivity index (χ3v) is 3.24. The van der Waals surface area contributed by atoms with Gasteiger partial charge in [-0.05, 0) is 17.5 Å². The van der Waals surface area contributed by atoms with Gasteiger partial charge in [0.1, 0.15) is 0 Å².